The maximum Gasteiger partial charge on any atom is 0.162 e. The third-order valence-corrected chi connectivity index (χ3v) is 7.28. The SMILES string of the molecule is Cc1cccc(-c2cc(-c3ccc4c(c3)OCCO4)nc3sc4c(c23)CCCC4)c1.[Cl-]. The normalized spacial score (nSPS) is 14.7. The molecule has 0 fully saturated rings. The van der Waals surface area contributed by atoms with E-state index >= 15 is 0 Å². The van der Waals surface area contributed by atoms with Crippen molar-refractivity contribution < 1.29 is 21.9 Å². The van der Waals surface area contributed by atoms with Gasteiger partial charge in [-0.15, -0.1) is 11.3 Å². The fourth-order valence-electron chi connectivity index (χ4n) is 4.65. The quantitative estimate of drug-likeness (QED) is 0.469. The zero-order valence-corrected chi connectivity index (χ0v) is 19.0. The van der Waals surface area contributed by atoms with Crippen LogP contribution < -0.4 is 21.9 Å². The van der Waals surface area contributed by atoms with Crippen LogP contribution in [0.3, 0.4) is 0 Å². The van der Waals surface area contributed by atoms with Crippen molar-refractivity contribution in [3.8, 4) is 33.9 Å². The van der Waals surface area contributed by atoms with E-state index in [1.807, 2.05) is 17.4 Å². The Bertz CT molecular complexity index is 1280. The summed E-state index contributed by atoms with van der Waals surface area (Å²) < 4.78 is 11.5. The van der Waals surface area contributed by atoms with Gasteiger partial charge in [-0.05, 0) is 73.6 Å². The molecule has 1 aliphatic heterocycles. The zero-order chi connectivity index (χ0) is 20.1. The Morgan fingerprint density at radius 3 is 2.58 bits per heavy atom. The van der Waals surface area contributed by atoms with E-state index in [0.29, 0.717) is 13.2 Å². The van der Waals surface area contributed by atoms with Gasteiger partial charge in [-0.3, -0.25) is 0 Å². The number of rotatable bonds is 2. The molecule has 0 N–H and O–H groups in total. The van der Waals surface area contributed by atoms with Gasteiger partial charge in [0.05, 0.1) is 5.69 Å². The van der Waals surface area contributed by atoms with Crippen LogP contribution in [-0.2, 0) is 12.8 Å². The van der Waals surface area contributed by atoms with Gasteiger partial charge in [0, 0.05) is 15.8 Å². The van der Waals surface area contributed by atoms with Gasteiger partial charge in [-0.25, -0.2) is 4.98 Å². The van der Waals surface area contributed by atoms with Gasteiger partial charge in [0.1, 0.15) is 18.0 Å². The Hall–Kier alpha value is -2.56. The Kier molecular flexibility index (Phi) is 5.37. The number of aryl methyl sites for hydroxylation is 3. The summed E-state index contributed by atoms with van der Waals surface area (Å²) in [6, 6.07) is 17.3. The molecule has 6 rings (SSSR count). The highest BCUT2D eigenvalue weighted by Gasteiger charge is 2.22. The van der Waals surface area contributed by atoms with Crippen LogP contribution >= 0.6 is 11.3 Å². The lowest BCUT2D eigenvalue weighted by Gasteiger charge is -2.19. The molecule has 0 radical (unpaired) electrons. The number of aromatic nitrogens is 1. The number of thiophene rings is 1. The molecule has 0 atom stereocenters. The van der Waals surface area contributed by atoms with Crippen LogP contribution in [0.5, 0.6) is 11.5 Å². The molecule has 0 saturated heterocycles. The fourth-order valence-corrected chi connectivity index (χ4v) is 5.94. The zero-order valence-electron chi connectivity index (χ0n) is 17.4. The van der Waals surface area contributed by atoms with Crippen molar-refractivity contribution in [3.05, 3.63) is 64.5 Å². The second kappa shape index (κ2) is 8.18. The molecule has 2 aromatic heterocycles. The molecule has 0 amide bonds. The summed E-state index contributed by atoms with van der Waals surface area (Å²) >= 11 is 1.88. The Morgan fingerprint density at radius 2 is 1.71 bits per heavy atom. The summed E-state index contributed by atoms with van der Waals surface area (Å²) in [6.45, 7) is 3.36. The van der Waals surface area contributed by atoms with E-state index in [1.54, 1.807) is 0 Å². The lowest BCUT2D eigenvalue weighted by atomic mass is 9.91. The molecule has 2 aliphatic rings. The minimum atomic E-state index is 0. The van der Waals surface area contributed by atoms with E-state index in [4.69, 9.17) is 14.5 Å². The van der Waals surface area contributed by atoms with Gasteiger partial charge >= 0.3 is 0 Å². The van der Waals surface area contributed by atoms with Crippen LogP contribution in [0.4, 0.5) is 0 Å². The highest BCUT2D eigenvalue weighted by molar-refractivity contribution is 7.19. The average Bonchev–Trinajstić information content (AvgIpc) is 3.16. The molecule has 4 aromatic rings. The fraction of sp³-hybridized carbons (Fsp3) is 0.269. The lowest BCUT2D eigenvalue weighted by Crippen LogP contribution is -3.00. The Balaban J connectivity index is 0.00000204. The molecular formula is C26H23ClNO2S-. The van der Waals surface area contributed by atoms with Crippen LogP contribution in [0, 0.1) is 6.92 Å². The molecule has 2 aromatic carbocycles. The van der Waals surface area contributed by atoms with Gasteiger partial charge in [-0.2, -0.15) is 0 Å². The standard InChI is InChI=1S/C26H23NO2S.ClH/c1-16-5-4-6-17(13-16)20-15-21(18-9-10-22-23(14-18)29-12-11-28-22)27-26-25(20)19-7-2-3-8-24(19)30-26;/h4-6,9-10,13-15H,2-3,7-8,11-12H2,1H3;1H/p-1. The Morgan fingerprint density at radius 1 is 0.871 bits per heavy atom. The lowest BCUT2D eigenvalue weighted by molar-refractivity contribution is -0.00000646. The molecule has 0 bridgehead atoms. The highest BCUT2D eigenvalue weighted by Crippen LogP contribution is 2.43. The summed E-state index contributed by atoms with van der Waals surface area (Å²) in [5, 5.41) is 1.36. The van der Waals surface area contributed by atoms with Gasteiger partial charge < -0.3 is 21.9 Å². The molecule has 1 aliphatic carbocycles. The van der Waals surface area contributed by atoms with E-state index in [1.165, 1.54) is 58.2 Å². The van der Waals surface area contributed by atoms with Gasteiger partial charge in [0.25, 0.3) is 0 Å². The van der Waals surface area contributed by atoms with Crippen LogP contribution in [0.25, 0.3) is 32.6 Å². The summed E-state index contributed by atoms with van der Waals surface area (Å²) in [5.41, 5.74) is 7.44. The monoisotopic (exact) mass is 448 g/mol. The minimum absolute atomic E-state index is 0. The Labute approximate surface area is 192 Å². The molecule has 5 heteroatoms. The van der Waals surface area contributed by atoms with E-state index in [9.17, 15) is 0 Å². The van der Waals surface area contributed by atoms with E-state index in [0.717, 1.165) is 27.6 Å². The van der Waals surface area contributed by atoms with Crippen LogP contribution in [-0.4, -0.2) is 18.2 Å². The van der Waals surface area contributed by atoms with Crippen molar-refractivity contribution in [1.82, 2.24) is 4.98 Å². The second-order valence-corrected chi connectivity index (χ2v) is 9.26. The number of pyridine rings is 1. The van der Waals surface area contributed by atoms with E-state index in [2.05, 4.69) is 49.4 Å². The van der Waals surface area contributed by atoms with Gasteiger partial charge in [-0.1, -0.05) is 29.8 Å². The molecule has 3 nitrogen and oxygen atoms in total. The predicted molar refractivity (Wildman–Crippen MR) is 123 cm³/mol. The molecular weight excluding hydrogens is 426 g/mol. The molecule has 3 heterocycles. The second-order valence-electron chi connectivity index (χ2n) is 8.17. The van der Waals surface area contributed by atoms with Crippen molar-refractivity contribution in [2.75, 3.05) is 13.2 Å². The number of fused-ring (bicyclic) bond motifs is 4. The number of nitrogens with zero attached hydrogens (tertiary/aromatic N) is 1. The van der Waals surface area contributed by atoms with Crippen molar-refractivity contribution in [1.29, 1.82) is 0 Å². The number of hydrogen-bond donors (Lipinski definition) is 0. The first-order valence-electron chi connectivity index (χ1n) is 10.7. The van der Waals surface area contributed by atoms with E-state index in [-0.39, 0.29) is 12.4 Å². The van der Waals surface area contributed by atoms with Crippen LogP contribution in [0.15, 0.2) is 48.5 Å². The molecule has 0 unspecified atom stereocenters. The van der Waals surface area contributed by atoms with Crippen LogP contribution in [0.2, 0.25) is 0 Å². The maximum absolute atomic E-state index is 5.82. The van der Waals surface area contributed by atoms with Crippen molar-refractivity contribution in [2.24, 2.45) is 0 Å². The largest absolute Gasteiger partial charge is 1.00 e. The number of ether oxygens (including phenoxy) is 2. The number of halogens is 1. The first kappa shape index (κ1) is 20.3. The molecule has 31 heavy (non-hydrogen) atoms. The first-order chi connectivity index (χ1) is 14.8. The summed E-state index contributed by atoms with van der Waals surface area (Å²) in [6.07, 6.45) is 4.91. The van der Waals surface area contributed by atoms with Gasteiger partial charge in [0.15, 0.2) is 11.5 Å². The number of benzene rings is 2. The summed E-state index contributed by atoms with van der Waals surface area (Å²) in [5.74, 6) is 1.62. The van der Waals surface area contributed by atoms with Crippen molar-refractivity contribution >= 4 is 21.6 Å². The first-order valence-corrected chi connectivity index (χ1v) is 11.5. The predicted octanol–water partition coefficient (Wildman–Crippen LogP) is 3.59. The third kappa shape index (κ3) is 3.58. The highest BCUT2D eigenvalue weighted by atomic mass is 35.5. The molecule has 0 saturated carbocycles. The third-order valence-electron chi connectivity index (χ3n) is 6.09. The maximum atomic E-state index is 5.82. The van der Waals surface area contributed by atoms with Gasteiger partial charge in [0.2, 0.25) is 0 Å². The van der Waals surface area contributed by atoms with E-state index < -0.39 is 0 Å². The van der Waals surface area contributed by atoms with Crippen molar-refractivity contribution in [2.45, 2.75) is 32.6 Å². The molecule has 158 valence electrons. The molecule has 0 spiro atoms. The summed E-state index contributed by atoms with van der Waals surface area (Å²) in [7, 11) is 0. The average molecular weight is 449 g/mol. The number of hydrogen-bond acceptors (Lipinski definition) is 4. The minimum Gasteiger partial charge on any atom is -1.00 e. The smallest absolute Gasteiger partial charge is 0.162 e. The topological polar surface area (TPSA) is 31.4 Å². The van der Waals surface area contributed by atoms with Crippen LogP contribution in [0.1, 0.15) is 28.8 Å². The summed E-state index contributed by atoms with van der Waals surface area (Å²) in [4.78, 5) is 7.81. The van der Waals surface area contributed by atoms with Crippen molar-refractivity contribution in [3.63, 3.8) is 0 Å².